The molecule has 1 heterocycles. The second-order valence-electron chi connectivity index (χ2n) is 5.18. The molecule has 0 aromatic heterocycles. The molecule has 1 N–H and O–H groups in total. The Morgan fingerprint density at radius 2 is 2.00 bits per heavy atom. The van der Waals surface area contributed by atoms with Crippen LogP contribution < -0.4 is 10.1 Å². The van der Waals surface area contributed by atoms with Crippen molar-refractivity contribution in [1.82, 2.24) is 5.32 Å². The summed E-state index contributed by atoms with van der Waals surface area (Å²) in [4.78, 5) is 0. The number of piperidine rings is 1. The minimum Gasteiger partial charge on any atom is -0.496 e. The summed E-state index contributed by atoms with van der Waals surface area (Å²) in [6.07, 6.45) is 3.79. The molecule has 1 fully saturated rings. The maximum absolute atomic E-state index is 5.61. The Kier molecular flexibility index (Phi) is 3.72. The quantitative estimate of drug-likeness (QED) is 0.844. The fourth-order valence-electron chi connectivity index (χ4n) is 2.74. The average Bonchev–Trinajstić information content (AvgIpc) is 2.32. The highest BCUT2D eigenvalue weighted by molar-refractivity contribution is 5.46. The number of aryl methyl sites for hydroxylation is 1. The van der Waals surface area contributed by atoms with Gasteiger partial charge in [0.05, 0.1) is 7.11 Å². The zero-order valence-electron chi connectivity index (χ0n) is 11.3. The smallest absolute Gasteiger partial charge is 0.126 e. The molecular weight excluding hydrogens is 210 g/mol. The molecule has 0 saturated carbocycles. The largest absolute Gasteiger partial charge is 0.496 e. The van der Waals surface area contributed by atoms with Crippen molar-refractivity contribution < 1.29 is 4.74 Å². The summed E-state index contributed by atoms with van der Waals surface area (Å²) < 4.78 is 5.61. The van der Waals surface area contributed by atoms with E-state index >= 15 is 0 Å². The number of hydrogen-bond donors (Lipinski definition) is 1. The summed E-state index contributed by atoms with van der Waals surface area (Å²) >= 11 is 0. The van der Waals surface area contributed by atoms with Gasteiger partial charge in [0, 0.05) is 17.6 Å². The molecule has 1 aromatic rings. The van der Waals surface area contributed by atoms with E-state index in [0.29, 0.717) is 12.1 Å². The maximum atomic E-state index is 5.61. The SMILES string of the molecule is COc1c(C2CCCC(C)N2)ccc(C)c1C. The highest BCUT2D eigenvalue weighted by Gasteiger charge is 2.23. The monoisotopic (exact) mass is 233 g/mol. The van der Waals surface area contributed by atoms with E-state index in [1.807, 2.05) is 0 Å². The number of hydrogen-bond acceptors (Lipinski definition) is 2. The first-order valence-corrected chi connectivity index (χ1v) is 6.53. The molecule has 1 aliphatic rings. The van der Waals surface area contributed by atoms with Crippen molar-refractivity contribution in [3.8, 4) is 5.75 Å². The lowest BCUT2D eigenvalue weighted by atomic mass is 9.91. The summed E-state index contributed by atoms with van der Waals surface area (Å²) in [5, 5.41) is 3.67. The minimum absolute atomic E-state index is 0.452. The Hall–Kier alpha value is -1.02. The van der Waals surface area contributed by atoms with Crippen molar-refractivity contribution in [3.63, 3.8) is 0 Å². The Morgan fingerprint density at radius 1 is 1.24 bits per heavy atom. The molecule has 1 saturated heterocycles. The van der Waals surface area contributed by atoms with Crippen LogP contribution in [0.3, 0.4) is 0 Å². The van der Waals surface area contributed by atoms with Gasteiger partial charge in [-0.15, -0.1) is 0 Å². The van der Waals surface area contributed by atoms with E-state index < -0.39 is 0 Å². The number of ether oxygens (including phenoxy) is 1. The predicted molar refractivity (Wildman–Crippen MR) is 71.7 cm³/mol. The second kappa shape index (κ2) is 5.09. The van der Waals surface area contributed by atoms with Crippen molar-refractivity contribution in [2.75, 3.05) is 7.11 Å². The van der Waals surface area contributed by atoms with E-state index in [9.17, 15) is 0 Å². The van der Waals surface area contributed by atoms with Crippen LogP contribution in [0.5, 0.6) is 5.75 Å². The van der Waals surface area contributed by atoms with Crippen LogP contribution in [-0.2, 0) is 0 Å². The molecule has 2 rings (SSSR count). The van der Waals surface area contributed by atoms with Gasteiger partial charge in [-0.05, 0) is 44.7 Å². The van der Waals surface area contributed by atoms with E-state index in [1.165, 1.54) is 36.0 Å². The Labute approximate surface area is 104 Å². The molecule has 2 heteroatoms. The van der Waals surface area contributed by atoms with Crippen LogP contribution in [0.4, 0.5) is 0 Å². The lowest BCUT2D eigenvalue weighted by Crippen LogP contribution is -2.34. The topological polar surface area (TPSA) is 21.3 Å². The van der Waals surface area contributed by atoms with Gasteiger partial charge in [-0.1, -0.05) is 18.6 Å². The number of benzene rings is 1. The summed E-state index contributed by atoms with van der Waals surface area (Å²) in [6, 6.07) is 5.48. The highest BCUT2D eigenvalue weighted by Crippen LogP contribution is 2.35. The third kappa shape index (κ3) is 2.47. The Balaban J connectivity index is 2.34. The fraction of sp³-hybridized carbons (Fsp3) is 0.600. The first-order valence-electron chi connectivity index (χ1n) is 6.53. The molecule has 0 spiro atoms. The van der Waals surface area contributed by atoms with Crippen LogP contribution in [-0.4, -0.2) is 13.2 Å². The lowest BCUT2D eigenvalue weighted by molar-refractivity contribution is 0.327. The maximum Gasteiger partial charge on any atom is 0.126 e. The summed E-state index contributed by atoms with van der Waals surface area (Å²) in [5.74, 6) is 1.07. The van der Waals surface area contributed by atoms with Gasteiger partial charge in [0.1, 0.15) is 5.75 Å². The molecule has 17 heavy (non-hydrogen) atoms. The van der Waals surface area contributed by atoms with Crippen LogP contribution in [0.2, 0.25) is 0 Å². The first kappa shape index (κ1) is 12.4. The van der Waals surface area contributed by atoms with Crippen molar-refractivity contribution in [2.24, 2.45) is 0 Å². The molecule has 1 aromatic carbocycles. The van der Waals surface area contributed by atoms with Gasteiger partial charge in [-0.3, -0.25) is 0 Å². The second-order valence-corrected chi connectivity index (χ2v) is 5.18. The van der Waals surface area contributed by atoms with Crippen LogP contribution >= 0.6 is 0 Å². The van der Waals surface area contributed by atoms with Crippen molar-refractivity contribution in [3.05, 3.63) is 28.8 Å². The van der Waals surface area contributed by atoms with Gasteiger partial charge in [0.2, 0.25) is 0 Å². The molecule has 2 unspecified atom stereocenters. The van der Waals surface area contributed by atoms with Gasteiger partial charge < -0.3 is 10.1 Å². The van der Waals surface area contributed by atoms with E-state index in [0.717, 1.165) is 5.75 Å². The fourth-order valence-corrected chi connectivity index (χ4v) is 2.74. The lowest BCUT2D eigenvalue weighted by Gasteiger charge is -2.30. The van der Waals surface area contributed by atoms with E-state index in [1.54, 1.807) is 7.11 Å². The van der Waals surface area contributed by atoms with Crippen molar-refractivity contribution in [1.29, 1.82) is 0 Å². The molecule has 1 aliphatic heterocycles. The molecule has 2 atom stereocenters. The summed E-state index contributed by atoms with van der Waals surface area (Å²) in [6.45, 7) is 6.54. The zero-order valence-corrected chi connectivity index (χ0v) is 11.3. The van der Waals surface area contributed by atoms with Gasteiger partial charge in [0.25, 0.3) is 0 Å². The van der Waals surface area contributed by atoms with Gasteiger partial charge in [-0.2, -0.15) is 0 Å². The van der Waals surface area contributed by atoms with Crippen LogP contribution in [0.25, 0.3) is 0 Å². The normalized spacial score (nSPS) is 24.7. The van der Waals surface area contributed by atoms with Crippen molar-refractivity contribution >= 4 is 0 Å². The zero-order chi connectivity index (χ0) is 12.4. The van der Waals surface area contributed by atoms with Crippen LogP contribution in [0.15, 0.2) is 12.1 Å². The van der Waals surface area contributed by atoms with E-state index in [2.05, 4.69) is 38.2 Å². The van der Waals surface area contributed by atoms with Crippen LogP contribution in [0, 0.1) is 13.8 Å². The van der Waals surface area contributed by atoms with Gasteiger partial charge in [-0.25, -0.2) is 0 Å². The summed E-state index contributed by atoms with van der Waals surface area (Å²) in [7, 11) is 1.78. The molecule has 0 bridgehead atoms. The third-order valence-corrected chi connectivity index (χ3v) is 3.90. The molecule has 94 valence electrons. The standard InChI is InChI=1S/C15H23NO/c1-10-8-9-13(15(17-4)12(10)3)14-7-5-6-11(2)16-14/h8-9,11,14,16H,5-7H2,1-4H3. The van der Waals surface area contributed by atoms with Crippen LogP contribution in [0.1, 0.15) is 48.9 Å². The molecule has 0 aliphatic carbocycles. The number of rotatable bonds is 2. The van der Waals surface area contributed by atoms with Gasteiger partial charge in [0.15, 0.2) is 0 Å². The molecular formula is C15H23NO. The van der Waals surface area contributed by atoms with E-state index in [4.69, 9.17) is 4.74 Å². The number of nitrogens with one attached hydrogen (secondary N) is 1. The minimum atomic E-state index is 0.452. The van der Waals surface area contributed by atoms with Crippen molar-refractivity contribution in [2.45, 2.75) is 52.1 Å². The molecule has 2 nitrogen and oxygen atoms in total. The highest BCUT2D eigenvalue weighted by atomic mass is 16.5. The first-order chi connectivity index (χ1) is 8.13. The average molecular weight is 233 g/mol. The predicted octanol–water partition coefficient (Wildman–Crippen LogP) is 3.52. The van der Waals surface area contributed by atoms with Gasteiger partial charge >= 0.3 is 0 Å². The Bertz CT molecular complexity index is 400. The molecule has 0 amide bonds. The van der Waals surface area contributed by atoms with E-state index in [-0.39, 0.29) is 0 Å². The summed E-state index contributed by atoms with van der Waals surface area (Å²) in [5.41, 5.74) is 3.89. The molecule has 0 radical (unpaired) electrons. The Morgan fingerprint density at radius 3 is 2.65 bits per heavy atom. The third-order valence-electron chi connectivity index (χ3n) is 3.90. The number of methoxy groups -OCH3 is 1.